The Morgan fingerprint density at radius 3 is 1.10 bits per heavy atom. The average Bonchev–Trinajstić information content (AvgIpc) is 3.28. The van der Waals surface area contributed by atoms with Crippen LogP contribution in [-0.2, 0) is 54.8 Å². The Labute approximate surface area is 354 Å². The number of nitrogens with zero attached hydrogens (tertiary/aromatic N) is 6. The SMILES string of the molecule is Cc1c(O)c([C@H]2OC(C)[C@@H](OCc3ccccc3)C(N=[N+]=[N-])C2OCc2ccccc2)cc([C@H]2OC(C)[C@@H](OCc3ccccc3)C(N=[N+]=[N-])C2OCc2ccccc2)c1O. The summed E-state index contributed by atoms with van der Waals surface area (Å²) in [6.45, 7) is 5.94. The standard InChI is InChI=1S/C47H50N6O8/c1-29-40(54)36(44-46(58-27-34-20-12-6-13-21-34)38(50-52-48)42(30(2)60-44)56-25-32-16-8-4-9-17-32)24-37(41(29)55)45-47(59-28-35-22-14-7-15-23-35)39(51-53-49)43(31(3)61-45)57-26-33-18-10-5-11-19-33/h4-24,30-31,38-39,42-47,54-55H,25-28H2,1-3H3/t30?,31?,38?,39?,42-,43-,44-,45-,46?,47?/m1/s1. The van der Waals surface area contributed by atoms with E-state index in [-0.39, 0.29) is 54.6 Å². The lowest BCUT2D eigenvalue weighted by Gasteiger charge is -2.45. The molecular formula is C47H50N6O8. The van der Waals surface area contributed by atoms with Gasteiger partial charge in [0.2, 0.25) is 0 Å². The second-order valence-electron chi connectivity index (χ2n) is 15.3. The van der Waals surface area contributed by atoms with Crippen molar-refractivity contribution in [2.24, 2.45) is 10.2 Å². The molecule has 5 aromatic carbocycles. The van der Waals surface area contributed by atoms with E-state index >= 15 is 0 Å². The molecule has 2 aliphatic rings. The Morgan fingerprint density at radius 1 is 0.508 bits per heavy atom. The van der Waals surface area contributed by atoms with Crippen molar-refractivity contribution >= 4 is 0 Å². The van der Waals surface area contributed by atoms with Crippen molar-refractivity contribution in [2.45, 2.75) is 108 Å². The molecule has 2 N–H and O–H groups in total. The summed E-state index contributed by atoms with van der Waals surface area (Å²) in [5.74, 6) is -0.479. The van der Waals surface area contributed by atoms with Gasteiger partial charge in [-0.2, -0.15) is 0 Å². The van der Waals surface area contributed by atoms with Crippen LogP contribution in [0.1, 0.15) is 65.0 Å². The minimum absolute atomic E-state index is 0.129. The first-order valence-corrected chi connectivity index (χ1v) is 20.3. The first kappa shape index (κ1) is 43.2. The molecule has 2 fully saturated rings. The van der Waals surface area contributed by atoms with Crippen LogP contribution in [0.5, 0.6) is 11.5 Å². The summed E-state index contributed by atoms with van der Waals surface area (Å²) in [4.78, 5) is 6.45. The van der Waals surface area contributed by atoms with E-state index in [1.54, 1.807) is 13.0 Å². The maximum absolute atomic E-state index is 11.9. The molecule has 0 amide bonds. The third-order valence-electron chi connectivity index (χ3n) is 11.3. The molecule has 10 atom stereocenters. The minimum Gasteiger partial charge on any atom is -0.507 e. The van der Waals surface area contributed by atoms with Crippen LogP contribution in [0.2, 0.25) is 0 Å². The van der Waals surface area contributed by atoms with Gasteiger partial charge in [0, 0.05) is 26.5 Å². The normalized spacial score (nSPS) is 26.1. The monoisotopic (exact) mass is 826 g/mol. The predicted molar refractivity (Wildman–Crippen MR) is 227 cm³/mol. The average molecular weight is 827 g/mol. The molecule has 0 aromatic heterocycles. The van der Waals surface area contributed by atoms with Gasteiger partial charge >= 0.3 is 0 Å². The zero-order chi connectivity index (χ0) is 42.7. The van der Waals surface area contributed by atoms with E-state index in [1.807, 2.05) is 135 Å². The van der Waals surface area contributed by atoms with Crippen molar-refractivity contribution in [2.75, 3.05) is 0 Å². The van der Waals surface area contributed by atoms with Crippen molar-refractivity contribution in [1.29, 1.82) is 0 Å². The number of hydrogen-bond acceptors (Lipinski definition) is 10. The largest absolute Gasteiger partial charge is 0.507 e. The fourth-order valence-electron chi connectivity index (χ4n) is 8.13. The molecule has 0 radical (unpaired) electrons. The highest BCUT2D eigenvalue weighted by Crippen LogP contribution is 2.49. The van der Waals surface area contributed by atoms with Crippen molar-refractivity contribution in [1.82, 2.24) is 0 Å². The van der Waals surface area contributed by atoms with Crippen molar-refractivity contribution in [3.63, 3.8) is 0 Å². The summed E-state index contributed by atoms with van der Waals surface area (Å²) in [5, 5.41) is 32.3. The number of ether oxygens (including phenoxy) is 6. The van der Waals surface area contributed by atoms with E-state index < -0.39 is 60.9 Å². The number of azide groups is 2. The maximum Gasteiger partial charge on any atom is 0.128 e. The Morgan fingerprint density at radius 2 is 0.803 bits per heavy atom. The zero-order valence-corrected chi connectivity index (χ0v) is 34.3. The molecular weight excluding hydrogens is 777 g/mol. The lowest BCUT2D eigenvalue weighted by atomic mass is 9.84. The van der Waals surface area contributed by atoms with Crippen LogP contribution in [0, 0.1) is 6.92 Å². The first-order valence-electron chi connectivity index (χ1n) is 20.3. The smallest absolute Gasteiger partial charge is 0.128 e. The van der Waals surface area contributed by atoms with E-state index in [4.69, 9.17) is 28.4 Å². The van der Waals surface area contributed by atoms with E-state index in [2.05, 4.69) is 20.1 Å². The van der Waals surface area contributed by atoms with Gasteiger partial charge in [-0.05, 0) is 60.2 Å². The van der Waals surface area contributed by atoms with E-state index in [1.165, 1.54) is 0 Å². The van der Waals surface area contributed by atoms with E-state index in [0.29, 0.717) is 0 Å². The van der Waals surface area contributed by atoms with Gasteiger partial charge < -0.3 is 38.6 Å². The number of phenols is 2. The van der Waals surface area contributed by atoms with Crippen LogP contribution in [0.3, 0.4) is 0 Å². The summed E-state index contributed by atoms with van der Waals surface area (Å²) in [6.07, 6.45) is -6.76. The second kappa shape index (κ2) is 20.6. The molecule has 2 saturated heterocycles. The summed E-state index contributed by atoms with van der Waals surface area (Å²) in [6, 6.07) is 38.1. The zero-order valence-electron chi connectivity index (χ0n) is 34.3. The lowest BCUT2D eigenvalue weighted by molar-refractivity contribution is -0.211. The predicted octanol–water partition coefficient (Wildman–Crippen LogP) is 10.0. The van der Waals surface area contributed by atoms with Gasteiger partial charge in [-0.3, -0.25) is 0 Å². The van der Waals surface area contributed by atoms with Crippen molar-refractivity contribution < 1.29 is 38.6 Å². The summed E-state index contributed by atoms with van der Waals surface area (Å²) in [7, 11) is 0. The number of phenolic OH excluding ortho intramolecular Hbond substituents is 2. The highest BCUT2D eigenvalue weighted by atomic mass is 16.6. The van der Waals surface area contributed by atoms with Gasteiger partial charge in [0.15, 0.2) is 0 Å². The highest BCUT2D eigenvalue weighted by Gasteiger charge is 2.50. The molecule has 0 bridgehead atoms. The quantitative estimate of drug-likeness (QED) is 0.0557. The van der Waals surface area contributed by atoms with Crippen molar-refractivity contribution in [3.8, 4) is 11.5 Å². The fraction of sp³-hybridized carbons (Fsp3) is 0.362. The Kier molecular flexibility index (Phi) is 14.6. The highest BCUT2D eigenvalue weighted by molar-refractivity contribution is 5.55. The first-order chi connectivity index (χ1) is 29.8. The van der Waals surface area contributed by atoms with Gasteiger partial charge in [-0.25, -0.2) is 0 Å². The van der Waals surface area contributed by atoms with Crippen molar-refractivity contribution in [3.05, 3.63) is 187 Å². The molecule has 61 heavy (non-hydrogen) atoms. The Balaban J connectivity index is 1.28. The topological polar surface area (TPSA) is 193 Å². The number of rotatable bonds is 16. The molecule has 6 unspecified atom stereocenters. The van der Waals surface area contributed by atoms with Crippen LogP contribution in [0.4, 0.5) is 0 Å². The molecule has 14 heteroatoms. The van der Waals surface area contributed by atoms with E-state index in [9.17, 15) is 21.3 Å². The second-order valence-corrected chi connectivity index (χ2v) is 15.3. The van der Waals surface area contributed by atoms with Gasteiger partial charge in [0.25, 0.3) is 0 Å². The molecule has 7 rings (SSSR count). The van der Waals surface area contributed by atoms with Gasteiger partial charge in [-0.1, -0.05) is 132 Å². The molecule has 2 aliphatic heterocycles. The fourth-order valence-corrected chi connectivity index (χ4v) is 8.13. The maximum atomic E-state index is 11.9. The molecule has 14 nitrogen and oxygen atoms in total. The molecule has 0 saturated carbocycles. The number of benzene rings is 5. The molecule has 0 spiro atoms. The van der Waals surface area contributed by atoms with Gasteiger partial charge in [-0.15, -0.1) is 0 Å². The Bertz CT molecular complexity index is 2120. The summed E-state index contributed by atoms with van der Waals surface area (Å²) in [5.41, 5.74) is 24.1. The van der Waals surface area contributed by atoms with Crippen LogP contribution in [-0.4, -0.2) is 58.9 Å². The molecule has 0 aliphatic carbocycles. The molecule has 2 heterocycles. The molecule has 5 aromatic rings. The molecule has 316 valence electrons. The number of aromatic hydroxyl groups is 2. The third kappa shape index (κ3) is 10.2. The third-order valence-corrected chi connectivity index (χ3v) is 11.3. The van der Waals surface area contributed by atoms with Crippen LogP contribution in [0.25, 0.3) is 20.9 Å². The van der Waals surface area contributed by atoms with E-state index in [0.717, 1.165) is 22.3 Å². The summed E-state index contributed by atoms with van der Waals surface area (Å²) < 4.78 is 39.6. The van der Waals surface area contributed by atoms with Crippen LogP contribution >= 0.6 is 0 Å². The Hall–Kier alpha value is -5.92. The minimum atomic E-state index is -1.02. The van der Waals surface area contributed by atoms with Gasteiger partial charge in [0.05, 0.1) is 75.1 Å². The summed E-state index contributed by atoms with van der Waals surface area (Å²) >= 11 is 0. The van der Waals surface area contributed by atoms with Crippen LogP contribution < -0.4 is 0 Å². The van der Waals surface area contributed by atoms with Gasteiger partial charge in [0.1, 0.15) is 23.7 Å². The lowest BCUT2D eigenvalue weighted by Crippen LogP contribution is -2.54. The van der Waals surface area contributed by atoms with Crippen LogP contribution in [0.15, 0.2) is 138 Å². The number of hydrogen-bond donors (Lipinski definition) is 2.